The summed E-state index contributed by atoms with van der Waals surface area (Å²) in [5.74, 6) is -0.160. The zero-order chi connectivity index (χ0) is 11.8. The van der Waals surface area contributed by atoms with E-state index in [4.69, 9.17) is 5.73 Å². The summed E-state index contributed by atoms with van der Waals surface area (Å²) in [6.45, 7) is 7.24. The number of carbonyl (C=O) groups is 2. The predicted octanol–water partition coefficient (Wildman–Crippen LogP) is -0.292. The van der Waals surface area contributed by atoms with E-state index >= 15 is 0 Å². The molecule has 0 saturated carbocycles. The van der Waals surface area contributed by atoms with E-state index in [-0.39, 0.29) is 11.8 Å². The van der Waals surface area contributed by atoms with Crippen LogP contribution < -0.4 is 11.1 Å². The highest BCUT2D eigenvalue weighted by Gasteiger charge is 2.10. The Hall–Kier alpha value is -1.10. The molecule has 88 valence electrons. The Morgan fingerprint density at radius 3 is 2.27 bits per heavy atom. The number of nitrogens with zero attached hydrogens (tertiary/aromatic N) is 1. The van der Waals surface area contributed by atoms with Crippen LogP contribution >= 0.6 is 0 Å². The van der Waals surface area contributed by atoms with Crippen LogP contribution in [0, 0.1) is 0 Å². The summed E-state index contributed by atoms with van der Waals surface area (Å²) >= 11 is 0. The van der Waals surface area contributed by atoms with Gasteiger partial charge in [0.25, 0.3) is 0 Å². The SMILES string of the molecule is CCN(CC)C(=O)CCNC(=O)C(C)N. The van der Waals surface area contributed by atoms with E-state index in [0.717, 1.165) is 0 Å². The van der Waals surface area contributed by atoms with Gasteiger partial charge in [-0.05, 0) is 20.8 Å². The van der Waals surface area contributed by atoms with Crippen LogP contribution in [-0.2, 0) is 9.59 Å². The first kappa shape index (κ1) is 13.9. The van der Waals surface area contributed by atoms with Crippen molar-refractivity contribution in [2.45, 2.75) is 33.2 Å². The number of nitrogens with one attached hydrogen (secondary N) is 1. The van der Waals surface area contributed by atoms with Gasteiger partial charge in [-0.25, -0.2) is 0 Å². The molecule has 0 aliphatic rings. The van der Waals surface area contributed by atoms with Gasteiger partial charge in [-0.3, -0.25) is 9.59 Å². The molecule has 0 heterocycles. The standard InChI is InChI=1S/C10H21N3O2/c1-4-13(5-2)9(14)6-7-12-10(15)8(3)11/h8H,4-7,11H2,1-3H3,(H,12,15). The monoisotopic (exact) mass is 215 g/mol. The molecule has 3 N–H and O–H groups in total. The molecule has 0 aromatic heterocycles. The number of hydrogen-bond acceptors (Lipinski definition) is 3. The van der Waals surface area contributed by atoms with E-state index in [9.17, 15) is 9.59 Å². The lowest BCUT2D eigenvalue weighted by atomic mass is 10.3. The van der Waals surface area contributed by atoms with E-state index in [1.54, 1.807) is 11.8 Å². The molecule has 0 saturated heterocycles. The number of amides is 2. The molecule has 0 fully saturated rings. The van der Waals surface area contributed by atoms with Gasteiger partial charge in [-0.1, -0.05) is 0 Å². The molecule has 0 spiro atoms. The molecule has 1 atom stereocenters. The van der Waals surface area contributed by atoms with Crippen molar-refractivity contribution in [2.24, 2.45) is 5.73 Å². The molecule has 5 heteroatoms. The Balaban J connectivity index is 3.76. The Morgan fingerprint density at radius 2 is 1.87 bits per heavy atom. The summed E-state index contributed by atoms with van der Waals surface area (Å²) in [7, 11) is 0. The van der Waals surface area contributed by atoms with Gasteiger partial charge >= 0.3 is 0 Å². The predicted molar refractivity (Wildman–Crippen MR) is 59.2 cm³/mol. The summed E-state index contributed by atoms with van der Waals surface area (Å²) < 4.78 is 0. The average Bonchev–Trinajstić information content (AvgIpc) is 2.19. The Labute approximate surface area is 91.0 Å². The Kier molecular flexibility index (Phi) is 6.70. The lowest BCUT2D eigenvalue weighted by molar-refractivity contribution is -0.130. The third kappa shape index (κ3) is 5.37. The van der Waals surface area contributed by atoms with Crippen LogP contribution in [0.25, 0.3) is 0 Å². The number of hydrogen-bond donors (Lipinski definition) is 2. The largest absolute Gasteiger partial charge is 0.354 e. The number of nitrogens with two attached hydrogens (primary N) is 1. The molecule has 0 bridgehead atoms. The van der Waals surface area contributed by atoms with Crippen LogP contribution in [0.15, 0.2) is 0 Å². The van der Waals surface area contributed by atoms with Crippen molar-refractivity contribution >= 4 is 11.8 Å². The van der Waals surface area contributed by atoms with Gasteiger partial charge in [0.1, 0.15) is 0 Å². The molecule has 2 amide bonds. The maximum absolute atomic E-state index is 11.5. The van der Waals surface area contributed by atoms with Crippen molar-refractivity contribution in [1.29, 1.82) is 0 Å². The topological polar surface area (TPSA) is 75.4 Å². The van der Waals surface area contributed by atoms with E-state index in [0.29, 0.717) is 26.1 Å². The Morgan fingerprint density at radius 1 is 1.33 bits per heavy atom. The highest BCUT2D eigenvalue weighted by Crippen LogP contribution is 1.92. The van der Waals surface area contributed by atoms with Crippen molar-refractivity contribution in [3.8, 4) is 0 Å². The van der Waals surface area contributed by atoms with Crippen LogP contribution in [0.5, 0.6) is 0 Å². The summed E-state index contributed by atoms with van der Waals surface area (Å²) in [6, 6.07) is -0.520. The fourth-order valence-electron chi connectivity index (χ4n) is 1.19. The zero-order valence-corrected chi connectivity index (χ0v) is 9.75. The molecular weight excluding hydrogens is 194 g/mol. The molecule has 15 heavy (non-hydrogen) atoms. The Bertz CT molecular complexity index is 213. The first-order chi connectivity index (χ1) is 7.02. The smallest absolute Gasteiger partial charge is 0.236 e. The minimum absolute atomic E-state index is 0.0602. The normalized spacial score (nSPS) is 12.0. The van der Waals surface area contributed by atoms with Gasteiger partial charge in [0.15, 0.2) is 0 Å². The highest BCUT2D eigenvalue weighted by atomic mass is 16.2. The fraction of sp³-hybridized carbons (Fsp3) is 0.800. The molecule has 0 aromatic carbocycles. The molecule has 0 aliphatic heterocycles. The fourth-order valence-corrected chi connectivity index (χ4v) is 1.19. The van der Waals surface area contributed by atoms with Gasteiger partial charge in [0.2, 0.25) is 11.8 Å². The second-order valence-corrected chi connectivity index (χ2v) is 3.40. The van der Waals surface area contributed by atoms with Gasteiger partial charge in [0, 0.05) is 26.1 Å². The van der Waals surface area contributed by atoms with E-state index < -0.39 is 6.04 Å². The van der Waals surface area contributed by atoms with Crippen LogP contribution in [0.1, 0.15) is 27.2 Å². The maximum atomic E-state index is 11.5. The molecule has 5 nitrogen and oxygen atoms in total. The first-order valence-corrected chi connectivity index (χ1v) is 5.33. The van der Waals surface area contributed by atoms with Crippen LogP contribution in [-0.4, -0.2) is 42.4 Å². The van der Waals surface area contributed by atoms with Gasteiger partial charge in [-0.15, -0.1) is 0 Å². The second kappa shape index (κ2) is 7.23. The van der Waals surface area contributed by atoms with Crippen LogP contribution in [0.3, 0.4) is 0 Å². The molecule has 0 aliphatic carbocycles. The molecular formula is C10H21N3O2. The van der Waals surface area contributed by atoms with Crippen molar-refractivity contribution in [3.05, 3.63) is 0 Å². The average molecular weight is 215 g/mol. The number of rotatable bonds is 6. The molecule has 0 rings (SSSR count). The summed E-state index contributed by atoms with van der Waals surface area (Å²) in [4.78, 5) is 24.3. The van der Waals surface area contributed by atoms with Crippen molar-refractivity contribution in [3.63, 3.8) is 0 Å². The van der Waals surface area contributed by atoms with Gasteiger partial charge in [0.05, 0.1) is 6.04 Å². The minimum atomic E-state index is -0.520. The third-order valence-electron chi connectivity index (χ3n) is 2.17. The summed E-state index contributed by atoms with van der Waals surface area (Å²) in [5.41, 5.74) is 5.36. The minimum Gasteiger partial charge on any atom is -0.354 e. The number of carbonyl (C=O) groups excluding carboxylic acids is 2. The highest BCUT2D eigenvalue weighted by molar-refractivity contribution is 5.82. The van der Waals surface area contributed by atoms with Crippen molar-refractivity contribution in [2.75, 3.05) is 19.6 Å². The second-order valence-electron chi connectivity index (χ2n) is 3.40. The third-order valence-corrected chi connectivity index (χ3v) is 2.17. The summed E-state index contributed by atoms with van der Waals surface area (Å²) in [5, 5.41) is 2.60. The zero-order valence-electron chi connectivity index (χ0n) is 9.75. The molecule has 0 aromatic rings. The van der Waals surface area contributed by atoms with Gasteiger partial charge < -0.3 is 16.0 Å². The lowest BCUT2D eigenvalue weighted by Gasteiger charge is -2.18. The summed E-state index contributed by atoms with van der Waals surface area (Å²) in [6.07, 6.45) is 0.333. The van der Waals surface area contributed by atoms with Crippen molar-refractivity contribution in [1.82, 2.24) is 10.2 Å². The van der Waals surface area contributed by atoms with E-state index in [1.807, 2.05) is 13.8 Å². The van der Waals surface area contributed by atoms with Crippen LogP contribution in [0.2, 0.25) is 0 Å². The van der Waals surface area contributed by atoms with Crippen molar-refractivity contribution < 1.29 is 9.59 Å². The molecule has 1 unspecified atom stereocenters. The maximum Gasteiger partial charge on any atom is 0.236 e. The van der Waals surface area contributed by atoms with Gasteiger partial charge in [-0.2, -0.15) is 0 Å². The van der Waals surface area contributed by atoms with Crippen LogP contribution in [0.4, 0.5) is 0 Å². The van der Waals surface area contributed by atoms with E-state index in [1.165, 1.54) is 0 Å². The lowest BCUT2D eigenvalue weighted by Crippen LogP contribution is -2.40. The first-order valence-electron chi connectivity index (χ1n) is 5.33. The quantitative estimate of drug-likeness (QED) is 0.639. The van der Waals surface area contributed by atoms with E-state index in [2.05, 4.69) is 5.32 Å². The molecule has 0 radical (unpaired) electrons.